The Kier molecular flexibility index (Phi) is 4.23. The van der Waals surface area contributed by atoms with Crippen LogP contribution < -0.4 is 0 Å². The standard InChI is InChI=1S/C28H20/c1-3-11-21(12-4-1)19-27(22-13-5-2-6-14-22)28-25-17-9-7-15-23(25)20-24-16-8-10-18-26(24)28/h1-20H. The average molecular weight is 356 g/mol. The zero-order valence-corrected chi connectivity index (χ0v) is 15.5. The number of rotatable bonds is 3. The van der Waals surface area contributed by atoms with Gasteiger partial charge in [-0.2, -0.15) is 0 Å². The van der Waals surface area contributed by atoms with E-state index in [4.69, 9.17) is 0 Å². The van der Waals surface area contributed by atoms with Crippen LogP contribution in [-0.4, -0.2) is 0 Å². The smallest absolute Gasteiger partial charge is 0.00206 e. The van der Waals surface area contributed by atoms with Crippen molar-refractivity contribution in [2.75, 3.05) is 0 Å². The van der Waals surface area contributed by atoms with Crippen LogP contribution in [-0.2, 0) is 0 Å². The van der Waals surface area contributed by atoms with Crippen molar-refractivity contribution < 1.29 is 0 Å². The van der Waals surface area contributed by atoms with Crippen molar-refractivity contribution in [3.63, 3.8) is 0 Å². The van der Waals surface area contributed by atoms with Crippen LogP contribution in [0.4, 0.5) is 0 Å². The van der Waals surface area contributed by atoms with Crippen LogP contribution in [0.5, 0.6) is 0 Å². The summed E-state index contributed by atoms with van der Waals surface area (Å²) < 4.78 is 0. The molecule has 0 heteroatoms. The number of benzene rings is 5. The Bertz CT molecular complexity index is 1230. The van der Waals surface area contributed by atoms with E-state index in [1.807, 2.05) is 0 Å². The zero-order chi connectivity index (χ0) is 18.8. The first-order valence-corrected chi connectivity index (χ1v) is 9.63. The van der Waals surface area contributed by atoms with Crippen LogP contribution in [0.15, 0.2) is 115 Å². The molecule has 0 unspecified atom stereocenters. The van der Waals surface area contributed by atoms with Gasteiger partial charge < -0.3 is 0 Å². The van der Waals surface area contributed by atoms with E-state index in [0.717, 1.165) is 0 Å². The summed E-state index contributed by atoms with van der Waals surface area (Å²) in [6, 6.07) is 40.9. The maximum atomic E-state index is 2.31. The molecule has 5 aromatic carbocycles. The summed E-state index contributed by atoms with van der Waals surface area (Å²) in [7, 11) is 0. The Morgan fingerprint density at radius 2 is 1.00 bits per heavy atom. The lowest BCUT2D eigenvalue weighted by atomic mass is 9.87. The van der Waals surface area contributed by atoms with Gasteiger partial charge in [-0.05, 0) is 56.0 Å². The largest absolute Gasteiger partial charge is 0.0622 e. The topological polar surface area (TPSA) is 0 Å². The van der Waals surface area contributed by atoms with Gasteiger partial charge >= 0.3 is 0 Å². The molecule has 0 aliphatic carbocycles. The van der Waals surface area contributed by atoms with Gasteiger partial charge in [-0.15, -0.1) is 0 Å². The maximum Gasteiger partial charge on any atom is -0.00206 e. The molecule has 0 atom stereocenters. The van der Waals surface area contributed by atoms with Gasteiger partial charge in [-0.1, -0.05) is 109 Å². The third kappa shape index (κ3) is 3.00. The minimum absolute atomic E-state index is 1.21. The van der Waals surface area contributed by atoms with Gasteiger partial charge in [0.05, 0.1) is 0 Å². The normalized spacial score (nSPS) is 11.8. The second-order valence-electron chi connectivity index (χ2n) is 7.03. The first-order chi connectivity index (χ1) is 13.9. The molecule has 132 valence electrons. The van der Waals surface area contributed by atoms with Crippen LogP contribution in [0.3, 0.4) is 0 Å². The summed E-state index contributed by atoms with van der Waals surface area (Å²) in [4.78, 5) is 0. The maximum absolute atomic E-state index is 2.31. The fourth-order valence-electron chi connectivity index (χ4n) is 3.94. The van der Waals surface area contributed by atoms with Gasteiger partial charge in [-0.25, -0.2) is 0 Å². The first-order valence-electron chi connectivity index (χ1n) is 9.63. The molecule has 0 radical (unpaired) electrons. The van der Waals surface area contributed by atoms with Gasteiger partial charge in [0.15, 0.2) is 0 Å². The van der Waals surface area contributed by atoms with Crippen molar-refractivity contribution in [1.29, 1.82) is 0 Å². The van der Waals surface area contributed by atoms with E-state index >= 15 is 0 Å². The van der Waals surface area contributed by atoms with Crippen LogP contribution in [0.1, 0.15) is 16.7 Å². The number of fused-ring (bicyclic) bond motifs is 2. The van der Waals surface area contributed by atoms with E-state index < -0.39 is 0 Å². The molecule has 0 nitrogen and oxygen atoms in total. The van der Waals surface area contributed by atoms with E-state index in [1.54, 1.807) is 0 Å². The third-order valence-corrected chi connectivity index (χ3v) is 5.24. The van der Waals surface area contributed by atoms with E-state index in [-0.39, 0.29) is 0 Å². The van der Waals surface area contributed by atoms with Gasteiger partial charge in [0.25, 0.3) is 0 Å². The highest BCUT2D eigenvalue weighted by atomic mass is 14.2. The second-order valence-corrected chi connectivity index (χ2v) is 7.03. The molecular formula is C28H20. The van der Waals surface area contributed by atoms with Gasteiger partial charge in [0.2, 0.25) is 0 Å². The predicted octanol–water partition coefficient (Wildman–Crippen LogP) is 7.58. The molecule has 0 spiro atoms. The van der Waals surface area contributed by atoms with Gasteiger partial charge in [0, 0.05) is 0 Å². The van der Waals surface area contributed by atoms with Crippen molar-refractivity contribution in [3.05, 3.63) is 132 Å². The lowest BCUT2D eigenvalue weighted by molar-refractivity contribution is 1.59. The van der Waals surface area contributed by atoms with E-state index in [9.17, 15) is 0 Å². The van der Waals surface area contributed by atoms with Crippen molar-refractivity contribution >= 4 is 33.2 Å². The highest BCUT2D eigenvalue weighted by Gasteiger charge is 2.13. The molecule has 0 aromatic heterocycles. The molecule has 0 saturated carbocycles. The Hall–Kier alpha value is -3.64. The highest BCUT2D eigenvalue weighted by molar-refractivity contribution is 6.13. The zero-order valence-electron chi connectivity index (χ0n) is 15.5. The van der Waals surface area contributed by atoms with Crippen molar-refractivity contribution in [3.8, 4) is 0 Å². The van der Waals surface area contributed by atoms with E-state index in [1.165, 1.54) is 43.8 Å². The minimum atomic E-state index is 1.21. The fraction of sp³-hybridized carbons (Fsp3) is 0. The van der Waals surface area contributed by atoms with Crippen molar-refractivity contribution in [2.24, 2.45) is 0 Å². The van der Waals surface area contributed by atoms with E-state index in [0.29, 0.717) is 0 Å². The summed E-state index contributed by atoms with van der Waals surface area (Å²) >= 11 is 0. The van der Waals surface area contributed by atoms with Gasteiger partial charge in [0.1, 0.15) is 0 Å². The summed E-state index contributed by atoms with van der Waals surface area (Å²) in [5.74, 6) is 0. The second kappa shape index (κ2) is 7.17. The summed E-state index contributed by atoms with van der Waals surface area (Å²) in [6.07, 6.45) is 2.31. The minimum Gasteiger partial charge on any atom is -0.0622 e. The van der Waals surface area contributed by atoms with Crippen molar-refractivity contribution in [1.82, 2.24) is 0 Å². The molecule has 0 aliphatic heterocycles. The third-order valence-electron chi connectivity index (χ3n) is 5.24. The Morgan fingerprint density at radius 1 is 0.500 bits per heavy atom. The molecule has 5 rings (SSSR count). The fourth-order valence-corrected chi connectivity index (χ4v) is 3.94. The molecule has 0 bridgehead atoms. The van der Waals surface area contributed by atoms with Gasteiger partial charge in [-0.3, -0.25) is 0 Å². The Morgan fingerprint density at radius 3 is 1.61 bits per heavy atom. The lowest BCUT2D eigenvalue weighted by Gasteiger charge is -2.16. The molecule has 0 heterocycles. The molecule has 0 N–H and O–H groups in total. The number of hydrogen-bond acceptors (Lipinski definition) is 0. The predicted molar refractivity (Wildman–Crippen MR) is 121 cm³/mol. The highest BCUT2D eigenvalue weighted by Crippen LogP contribution is 2.37. The Labute approximate surface area is 165 Å². The Balaban J connectivity index is 1.91. The molecule has 28 heavy (non-hydrogen) atoms. The summed E-state index contributed by atoms with van der Waals surface area (Å²) in [5.41, 5.74) is 4.98. The summed E-state index contributed by atoms with van der Waals surface area (Å²) in [6.45, 7) is 0. The van der Waals surface area contributed by atoms with Crippen LogP contribution >= 0.6 is 0 Å². The van der Waals surface area contributed by atoms with E-state index in [2.05, 4.69) is 121 Å². The molecular weight excluding hydrogens is 336 g/mol. The van der Waals surface area contributed by atoms with Crippen LogP contribution in [0, 0.1) is 0 Å². The number of hydrogen-bond donors (Lipinski definition) is 0. The molecule has 0 amide bonds. The van der Waals surface area contributed by atoms with Crippen molar-refractivity contribution in [2.45, 2.75) is 0 Å². The molecule has 0 aliphatic rings. The average Bonchev–Trinajstić information content (AvgIpc) is 2.77. The first kappa shape index (κ1) is 16.5. The van der Waals surface area contributed by atoms with Crippen LogP contribution in [0.25, 0.3) is 33.2 Å². The lowest BCUT2D eigenvalue weighted by Crippen LogP contribution is -1.93. The molecule has 5 aromatic rings. The quantitative estimate of drug-likeness (QED) is 0.231. The molecule has 0 saturated heterocycles. The van der Waals surface area contributed by atoms with Crippen LogP contribution in [0.2, 0.25) is 0 Å². The summed E-state index contributed by atoms with van der Waals surface area (Å²) in [5, 5.41) is 5.11. The monoisotopic (exact) mass is 356 g/mol. The molecule has 0 fully saturated rings. The SMILES string of the molecule is C(=C(c1ccccc1)c1c2ccccc2cc2ccccc12)c1ccccc1.